The Hall–Kier alpha value is -1.39. The fourth-order valence-electron chi connectivity index (χ4n) is 2.12. The number of aromatic nitrogens is 1. The second-order valence-corrected chi connectivity index (χ2v) is 4.47. The standard InChI is InChI=1S/C12H10ClFN2O/c13-6-3-7-11(15)8-5-17-2-1-10(8)16-12(7)9(14)4-6/h3-4H,1-2,5H2,(H2,15,16). The molecule has 0 fully saturated rings. The van der Waals surface area contributed by atoms with Crippen LogP contribution in [0.2, 0.25) is 5.02 Å². The van der Waals surface area contributed by atoms with E-state index in [-0.39, 0.29) is 5.52 Å². The summed E-state index contributed by atoms with van der Waals surface area (Å²) in [6.45, 7) is 1.03. The third kappa shape index (κ3) is 1.64. The average molecular weight is 253 g/mol. The third-order valence-electron chi connectivity index (χ3n) is 2.97. The highest BCUT2D eigenvalue weighted by atomic mass is 35.5. The van der Waals surface area contributed by atoms with Crippen molar-refractivity contribution >= 4 is 28.2 Å². The van der Waals surface area contributed by atoms with Crippen LogP contribution in [0.25, 0.3) is 10.9 Å². The molecule has 0 atom stereocenters. The summed E-state index contributed by atoms with van der Waals surface area (Å²) in [6, 6.07) is 2.89. The first-order valence-electron chi connectivity index (χ1n) is 5.30. The molecule has 3 nitrogen and oxygen atoms in total. The number of benzene rings is 1. The number of halogens is 2. The second-order valence-electron chi connectivity index (χ2n) is 4.04. The van der Waals surface area contributed by atoms with Crippen LogP contribution >= 0.6 is 11.6 Å². The van der Waals surface area contributed by atoms with Gasteiger partial charge in [-0.3, -0.25) is 0 Å². The van der Waals surface area contributed by atoms with E-state index in [1.807, 2.05) is 0 Å². The van der Waals surface area contributed by atoms with Crippen LogP contribution in [0.4, 0.5) is 10.1 Å². The Bertz CT molecular complexity index is 615. The first-order valence-corrected chi connectivity index (χ1v) is 5.68. The van der Waals surface area contributed by atoms with Crippen LogP contribution in [0.15, 0.2) is 12.1 Å². The summed E-state index contributed by atoms with van der Waals surface area (Å²) in [4.78, 5) is 4.32. The fourth-order valence-corrected chi connectivity index (χ4v) is 2.32. The summed E-state index contributed by atoms with van der Waals surface area (Å²) in [5.41, 5.74) is 8.51. The molecule has 88 valence electrons. The van der Waals surface area contributed by atoms with Crippen LogP contribution in [0.3, 0.4) is 0 Å². The maximum Gasteiger partial charge on any atom is 0.150 e. The van der Waals surface area contributed by atoms with Gasteiger partial charge in [-0.2, -0.15) is 0 Å². The van der Waals surface area contributed by atoms with Gasteiger partial charge in [-0.05, 0) is 12.1 Å². The zero-order valence-electron chi connectivity index (χ0n) is 8.96. The molecule has 1 aromatic heterocycles. The van der Waals surface area contributed by atoms with Crippen molar-refractivity contribution in [1.29, 1.82) is 0 Å². The molecule has 0 aliphatic carbocycles. The normalized spacial score (nSPS) is 14.9. The Morgan fingerprint density at radius 3 is 3.06 bits per heavy atom. The molecule has 2 heterocycles. The van der Waals surface area contributed by atoms with Gasteiger partial charge in [0.25, 0.3) is 0 Å². The molecule has 3 rings (SSSR count). The number of anilines is 1. The SMILES string of the molecule is Nc1c2c(nc3c(F)cc(Cl)cc13)CCOC2. The number of rotatable bonds is 0. The van der Waals surface area contributed by atoms with Crippen molar-refractivity contribution in [3.63, 3.8) is 0 Å². The molecule has 17 heavy (non-hydrogen) atoms. The van der Waals surface area contributed by atoms with Gasteiger partial charge in [0.2, 0.25) is 0 Å². The molecule has 0 spiro atoms. The van der Waals surface area contributed by atoms with Crippen molar-refractivity contribution in [2.24, 2.45) is 0 Å². The fraction of sp³-hybridized carbons (Fsp3) is 0.250. The molecule has 1 aliphatic heterocycles. The quantitative estimate of drug-likeness (QED) is 0.784. The Kier molecular flexibility index (Phi) is 2.42. The lowest BCUT2D eigenvalue weighted by Gasteiger charge is -2.19. The van der Waals surface area contributed by atoms with Crippen LogP contribution in [-0.2, 0) is 17.8 Å². The van der Waals surface area contributed by atoms with Gasteiger partial charge in [0, 0.05) is 28.1 Å². The summed E-state index contributed by atoms with van der Waals surface area (Å²) in [5.74, 6) is -0.437. The predicted molar refractivity (Wildman–Crippen MR) is 64.5 cm³/mol. The van der Waals surface area contributed by atoms with Crippen LogP contribution in [0, 0.1) is 5.82 Å². The number of ether oxygens (including phenoxy) is 1. The molecule has 0 saturated heterocycles. The Morgan fingerprint density at radius 2 is 2.24 bits per heavy atom. The van der Waals surface area contributed by atoms with E-state index in [1.165, 1.54) is 6.07 Å². The van der Waals surface area contributed by atoms with E-state index < -0.39 is 5.82 Å². The molecule has 0 radical (unpaired) electrons. The summed E-state index contributed by atoms with van der Waals surface area (Å²) in [6.07, 6.45) is 0.664. The van der Waals surface area contributed by atoms with Crippen molar-refractivity contribution in [3.05, 3.63) is 34.2 Å². The van der Waals surface area contributed by atoms with Crippen LogP contribution in [-0.4, -0.2) is 11.6 Å². The molecule has 2 aromatic rings. The minimum absolute atomic E-state index is 0.285. The summed E-state index contributed by atoms with van der Waals surface area (Å²) >= 11 is 5.82. The molecular formula is C12H10ClFN2O. The zero-order chi connectivity index (χ0) is 12.0. The molecule has 0 unspecified atom stereocenters. The first kappa shape index (κ1) is 10.7. The van der Waals surface area contributed by atoms with Gasteiger partial charge in [-0.1, -0.05) is 11.6 Å². The molecular weight excluding hydrogens is 243 g/mol. The van der Waals surface area contributed by atoms with Gasteiger partial charge in [0.1, 0.15) is 5.52 Å². The average Bonchev–Trinajstić information content (AvgIpc) is 2.31. The lowest BCUT2D eigenvalue weighted by atomic mass is 10.0. The van der Waals surface area contributed by atoms with E-state index in [9.17, 15) is 4.39 Å². The predicted octanol–water partition coefficient (Wildman–Crippen LogP) is 2.68. The highest BCUT2D eigenvalue weighted by Crippen LogP contribution is 2.32. The second kappa shape index (κ2) is 3.82. The van der Waals surface area contributed by atoms with Crippen LogP contribution in [0.5, 0.6) is 0 Å². The maximum atomic E-state index is 13.8. The van der Waals surface area contributed by atoms with Crippen molar-refractivity contribution in [2.75, 3.05) is 12.3 Å². The van der Waals surface area contributed by atoms with Gasteiger partial charge in [-0.15, -0.1) is 0 Å². The minimum Gasteiger partial charge on any atom is -0.398 e. The smallest absolute Gasteiger partial charge is 0.150 e. The van der Waals surface area contributed by atoms with E-state index >= 15 is 0 Å². The van der Waals surface area contributed by atoms with Crippen LogP contribution < -0.4 is 5.73 Å². The summed E-state index contributed by atoms with van der Waals surface area (Å²) in [5, 5.41) is 0.874. The molecule has 2 N–H and O–H groups in total. The third-order valence-corrected chi connectivity index (χ3v) is 3.19. The highest BCUT2D eigenvalue weighted by Gasteiger charge is 2.18. The summed E-state index contributed by atoms with van der Waals surface area (Å²) in [7, 11) is 0. The van der Waals surface area contributed by atoms with Gasteiger partial charge in [0.05, 0.1) is 18.9 Å². The van der Waals surface area contributed by atoms with Gasteiger partial charge in [-0.25, -0.2) is 9.37 Å². The number of pyridine rings is 1. The number of nitrogen functional groups attached to an aromatic ring is 1. The Morgan fingerprint density at radius 1 is 1.41 bits per heavy atom. The van der Waals surface area contributed by atoms with E-state index in [1.54, 1.807) is 6.07 Å². The lowest BCUT2D eigenvalue weighted by Crippen LogP contribution is -2.14. The molecule has 1 aliphatic rings. The van der Waals surface area contributed by atoms with Gasteiger partial charge < -0.3 is 10.5 Å². The zero-order valence-corrected chi connectivity index (χ0v) is 9.72. The lowest BCUT2D eigenvalue weighted by molar-refractivity contribution is 0.110. The highest BCUT2D eigenvalue weighted by molar-refractivity contribution is 6.31. The van der Waals surface area contributed by atoms with E-state index in [4.69, 9.17) is 22.1 Å². The van der Waals surface area contributed by atoms with Crippen molar-refractivity contribution in [1.82, 2.24) is 4.98 Å². The maximum absolute atomic E-state index is 13.8. The van der Waals surface area contributed by atoms with E-state index in [2.05, 4.69) is 4.98 Å². The monoisotopic (exact) mass is 252 g/mol. The van der Waals surface area contributed by atoms with Crippen molar-refractivity contribution in [2.45, 2.75) is 13.0 Å². The number of nitrogens with zero attached hydrogens (tertiary/aromatic N) is 1. The van der Waals surface area contributed by atoms with E-state index in [0.717, 1.165) is 11.3 Å². The topological polar surface area (TPSA) is 48.1 Å². The summed E-state index contributed by atoms with van der Waals surface area (Å²) < 4.78 is 19.1. The van der Waals surface area contributed by atoms with Gasteiger partial charge in [0.15, 0.2) is 5.82 Å². The number of fused-ring (bicyclic) bond motifs is 2. The minimum atomic E-state index is -0.437. The van der Waals surface area contributed by atoms with Crippen molar-refractivity contribution < 1.29 is 9.13 Å². The molecule has 1 aromatic carbocycles. The van der Waals surface area contributed by atoms with Crippen LogP contribution in [0.1, 0.15) is 11.3 Å². The molecule has 0 bridgehead atoms. The molecule has 0 amide bonds. The Balaban J connectivity index is 2.40. The molecule has 5 heteroatoms. The van der Waals surface area contributed by atoms with Gasteiger partial charge >= 0.3 is 0 Å². The number of nitrogens with two attached hydrogens (primary N) is 1. The largest absolute Gasteiger partial charge is 0.398 e. The number of hydrogen-bond donors (Lipinski definition) is 1. The first-order chi connectivity index (χ1) is 8.16. The Labute approximate surface area is 102 Å². The molecule has 0 saturated carbocycles. The van der Waals surface area contributed by atoms with E-state index in [0.29, 0.717) is 35.7 Å². The number of hydrogen-bond acceptors (Lipinski definition) is 3. The van der Waals surface area contributed by atoms with Crippen molar-refractivity contribution in [3.8, 4) is 0 Å².